The molecule has 0 unspecified atom stereocenters. The summed E-state index contributed by atoms with van der Waals surface area (Å²) in [5.41, 5.74) is 4.68. The second-order valence-corrected chi connectivity index (χ2v) is 6.93. The summed E-state index contributed by atoms with van der Waals surface area (Å²) in [5, 5.41) is 19.0. The van der Waals surface area contributed by atoms with Crippen molar-refractivity contribution in [1.82, 2.24) is 29.9 Å². The first-order valence-corrected chi connectivity index (χ1v) is 9.11. The highest BCUT2D eigenvalue weighted by molar-refractivity contribution is 5.85. The zero-order valence-electron chi connectivity index (χ0n) is 16.7. The fourth-order valence-corrected chi connectivity index (χ4v) is 3.00. The largest absolute Gasteiger partial charge is 0.371 e. The molecule has 0 aromatic carbocycles. The van der Waals surface area contributed by atoms with E-state index < -0.39 is 0 Å². The van der Waals surface area contributed by atoms with Gasteiger partial charge < -0.3 is 10.6 Å². The second kappa shape index (κ2) is 8.40. The lowest BCUT2D eigenvalue weighted by Gasteiger charge is -2.09. The first-order chi connectivity index (χ1) is 13.5. The number of hydrogen-bond donors (Lipinski definition) is 2. The van der Waals surface area contributed by atoms with Crippen LogP contribution in [0.2, 0.25) is 0 Å². The summed E-state index contributed by atoms with van der Waals surface area (Å²) < 4.78 is 1.77. The van der Waals surface area contributed by atoms with Gasteiger partial charge in [0, 0.05) is 37.6 Å². The molecule has 2 N–H and O–H groups in total. The molecule has 0 saturated heterocycles. The first-order valence-electron chi connectivity index (χ1n) is 9.11. The standard InChI is InChI=1S/C20H22N8.ClH/c1-12(2)13-8-19(26-23-10-13)25-18-6-5-16-17(24-18)7-14(9-22-16)15-11-28(4)27-20(15)21-3;/h5-12H,1-4H3,(H,21,27)(H,24,25,26);1H. The Morgan fingerprint density at radius 1 is 1.03 bits per heavy atom. The van der Waals surface area contributed by atoms with E-state index in [0.29, 0.717) is 17.6 Å². The van der Waals surface area contributed by atoms with Gasteiger partial charge in [-0.3, -0.25) is 9.67 Å². The number of aromatic nitrogens is 6. The molecule has 150 valence electrons. The van der Waals surface area contributed by atoms with Crippen molar-refractivity contribution in [3.8, 4) is 11.1 Å². The van der Waals surface area contributed by atoms with Crippen molar-refractivity contribution in [3.63, 3.8) is 0 Å². The molecule has 0 amide bonds. The van der Waals surface area contributed by atoms with E-state index >= 15 is 0 Å². The Bertz CT molecular complexity index is 1140. The maximum absolute atomic E-state index is 4.70. The number of aryl methyl sites for hydroxylation is 1. The monoisotopic (exact) mass is 410 g/mol. The number of halogens is 1. The molecule has 0 radical (unpaired) electrons. The Hall–Kier alpha value is -3.26. The molecule has 0 saturated carbocycles. The first kappa shape index (κ1) is 20.5. The molecule has 9 heteroatoms. The summed E-state index contributed by atoms with van der Waals surface area (Å²) >= 11 is 0. The van der Waals surface area contributed by atoms with Crippen LogP contribution in [-0.4, -0.2) is 37.0 Å². The predicted molar refractivity (Wildman–Crippen MR) is 118 cm³/mol. The van der Waals surface area contributed by atoms with Crippen LogP contribution in [0.3, 0.4) is 0 Å². The molecule has 0 atom stereocenters. The number of nitrogens with zero attached hydrogens (tertiary/aromatic N) is 6. The van der Waals surface area contributed by atoms with Gasteiger partial charge in [0.15, 0.2) is 11.6 Å². The summed E-state index contributed by atoms with van der Waals surface area (Å²) in [4.78, 5) is 9.25. The van der Waals surface area contributed by atoms with Crippen molar-refractivity contribution in [1.29, 1.82) is 0 Å². The maximum Gasteiger partial charge on any atom is 0.155 e. The van der Waals surface area contributed by atoms with Gasteiger partial charge in [-0.25, -0.2) is 4.98 Å². The summed E-state index contributed by atoms with van der Waals surface area (Å²) in [7, 11) is 3.75. The summed E-state index contributed by atoms with van der Waals surface area (Å²) in [6.45, 7) is 4.25. The Kier molecular flexibility index (Phi) is 5.93. The smallest absolute Gasteiger partial charge is 0.155 e. The van der Waals surface area contributed by atoms with Gasteiger partial charge in [-0.15, -0.1) is 17.5 Å². The molecule has 0 bridgehead atoms. The number of anilines is 3. The van der Waals surface area contributed by atoms with Crippen LogP contribution in [0.25, 0.3) is 22.2 Å². The van der Waals surface area contributed by atoms with Crippen molar-refractivity contribution in [2.75, 3.05) is 17.7 Å². The Morgan fingerprint density at radius 2 is 1.86 bits per heavy atom. The normalized spacial score (nSPS) is 10.8. The van der Waals surface area contributed by atoms with Crippen LogP contribution in [0.4, 0.5) is 17.5 Å². The number of fused-ring (bicyclic) bond motifs is 1. The zero-order chi connectivity index (χ0) is 19.7. The number of hydrogen-bond acceptors (Lipinski definition) is 7. The molecule has 4 aromatic heterocycles. The summed E-state index contributed by atoms with van der Waals surface area (Å²) in [6, 6.07) is 7.84. The third kappa shape index (κ3) is 4.27. The van der Waals surface area contributed by atoms with Crippen LogP contribution in [0.1, 0.15) is 25.3 Å². The Balaban J connectivity index is 0.00000240. The average molecular weight is 411 g/mol. The molecule has 0 aliphatic heterocycles. The lowest BCUT2D eigenvalue weighted by molar-refractivity contribution is 0.770. The fourth-order valence-electron chi connectivity index (χ4n) is 3.00. The Morgan fingerprint density at radius 3 is 2.62 bits per heavy atom. The van der Waals surface area contributed by atoms with E-state index in [1.54, 1.807) is 10.9 Å². The lowest BCUT2D eigenvalue weighted by atomic mass is 10.1. The molecule has 29 heavy (non-hydrogen) atoms. The quantitative estimate of drug-likeness (QED) is 0.510. The van der Waals surface area contributed by atoms with Crippen LogP contribution in [0, 0.1) is 0 Å². The Labute approximate surface area is 175 Å². The molecular weight excluding hydrogens is 388 g/mol. The van der Waals surface area contributed by atoms with E-state index in [0.717, 1.165) is 33.5 Å². The molecular formula is C20H23ClN8. The number of rotatable bonds is 5. The number of nitrogens with one attached hydrogen (secondary N) is 2. The van der Waals surface area contributed by atoms with Crippen LogP contribution in [0.5, 0.6) is 0 Å². The van der Waals surface area contributed by atoms with Gasteiger partial charge in [0.2, 0.25) is 0 Å². The second-order valence-electron chi connectivity index (χ2n) is 6.93. The SMILES string of the molecule is CNc1nn(C)cc1-c1cnc2ccc(Nc3cc(C(C)C)cnn3)nc2c1.Cl. The lowest BCUT2D eigenvalue weighted by Crippen LogP contribution is -2.00. The van der Waals surface area contributed by atoms with Crippen LogP contribution >= 0.6 is 12.4 Å². The van der Waals surface area contributed by atoms with Crippen LogP contribution in [0.15, 0.2) is 42.9 Å². The topological polar surface area (TPSA) is 93.4 Å². The van der Waals surface area contributed by atoms with Gasteiger partial charge in [-0.05, 0) is 35.7 Å². The third-order valence-corrected chi connectivity index (χ3v) is 4.51. The molecule has 4 aromatic rings. The molecule has 4 rings (SSSR count). The van der Waals surface area contributed by atoms with Crippen molar-refractivity contribution in [3.05, 3.63) is 48.4 Å². The van der Waals surface area contributed by atoms with Crippen molar-refractivity contribution < 1.29 is 0 Å². The molecule has 0 fully saturated rings. The summed E-state index contributed by atoms with van der Waals surface area (Å²) in [6.07, 6.45) is 5.59. The highest BCUT2D eigenvalue weighted by Crippen LogP contribution is 2.28. The molecule has 0 spiro atoms. The van der Waals surface area contributed by atoms with E-state index in [4.69, 9.17) is 4.98 Å². The zero-order valence-corrected chi connectivity index (χ0v) is 17.5. The van der Waals surface area contributed by atoms with Gasteiger partial charge in [-0.2, -0.15) is 10.2 Å². The highest BCUT2D eigenvalue weighted by Gasteiger charge is 2.11. The van der Waals surface area contributed by atoms with Gasteiger partial charge in [-0.1, -0.05) is 13.8 Å². The molecule has 8 nitrogen and oxygen atoms in total. The van der Waals surface area contributed by atoms with Crippen LogP contribution < -0.4 is 10.6 Å². The van der Waals surface area contributed by atoms with E-state index in [2.05, 4.69) is 44.8 Å². The number of pyridine rings is 2. The van der Waals surface area contributed by atoms with Gasteiger partial charge >= 0.3 is 0 Å². The summed E-state index contributed by atoms with van der Waals surface area (Å²) in [5.74, 6) is 2.56. The minimum atomic E-state index is 0. The average Bonchev–Trinajstić information content (AvgIpc) is 3.08. The van der Waals surface area contributed by atoms with Crippen molar-refractivity contribution in [2.24, 2.45) is 7.05 Å². The third-order valence-electron chi connectivity index (χ3n) is 4.51. The minimum Gasteiger partial charge on any atom is -0.371 e. The van der Waals surface area contributed by atoms with E-state index in [1.807, 2.05) is 50.8 Å². The fraction of sp³-hybridized carbons (Fsp3) is 0.250. The highest BCUT2D eigenvalue weighted by atomic mass is 35.5. The van der Waals surface area contributed by atoms with Crippen molar-refractivity contribution in [2.45, 2.75) is 19.8 Å². The van der Waals surface area contributed by atoms with E-state index in [-0.39, 0.29) is 12.4 Å². The van der Waals surface area contributed by atoms with E-state index in [9.17, 15) is 0 Å². The minimum absolute atomic E-state index is 0. The van der Waals surface area contributed by atoms with Gasteiger partial charge in [0.05, 0.1) is 17.2 Å². The van der Waals surface area contributed by atoms with Crippen LogP contribution in [-0.2, 0) is 7.05 Å². The van der Waals surface area contributed by atoms with Crippen molar-refractivity contribution >= 4 is 40.9 Å². The molecule has 0 aliphatic rings. The molecule has 4 heterocycles. The van der Waals surface area contributed by atoms with Gasteiger partial charge in [0.1, 0.15) is 5.82 Å². The predicted octanol–water partition coefficient (Wildman–Crippen LogP) is 4.15. The molecule has 0 aliphatic carbocycles. The van der Waals surface area contributed by atoms with Gasteiger partial charge in [0.25, 0.3) is 0 Å². The van der Waals surface area contributed by atoms with E-state index in [1.165, 1.54) is 0 Å². The maximum atomic E-state index is 4.70.